The van der Waals surface area contributed by atoms with Gasteiger partial charge in [-0.3, -0.25) is 19.4 Å². The van der Waals surface area contributed by atoms with E-state index in [1.807, 2.05) is 0 Å². The Morgan fingerprint density at radius 2 is 2.15 bits per heavy atom. The number of ether oxygens (including phenoxy) is 2. The predicted molar refractivity (Wildman–Crippen MR) is 97.9 cm³/mol. The summed E-state index contributed by atoms with van der Waals surface area (Å²) in [6, 6.07) is 1.97. The number of methoxy groups -OCH3 is 1. The number of rotatable bonds is 5. The van der Waals surface area contributed by atoms with Gasteiger partial charge in [-0.05, 0) is 12.8 Å². The molecule has 27 heavy (non-hydrogen) atoms. The maximum absolute atomic E-state index is 12.2. The Kier molecular flexibility index (Phi) is 4.96. The Balaban J connectivity index is 1.46. The van der Waals surface area contributed by atoms with Crippen LogP contribution in [-0.4, -0.2) is 78.4 Å². The first-order valence-electron chi connectivity index (χ1n) is 9.55. The molecule has 3 aliphatic rings. The van der Waals surface area contributed by atoms with Crippen LogP contribution in [0.3, 0.4) is 0 Å². The van der Waals surface area contributed by atoms with Crippen LogP contribution < -0.4 is 10.2 Å². The highest BCUT2D eigenvalue weighted by Crippen LogP contribution is 2.44. The fraction of sp³-hybridized carbons (Fsp3) is 0.684. The van der Waals surface area contributed by atoms with E-state index in [4.69, 9.17) is 9.47 Å². The van der Waals surface area contributed by atoms with Crippen LogP contribution in [0.2, 0.25) is 0 Å². The minimum atomic E-state index is -0.717. The van der Waals surface area contributed by atoms with Gasteiger partial charge < -0.3 is 19.6 Å². The molecule has 1 aromatic rings. The van der Waals surface area contributed by atoms with Crippen molar-refractivity contribution in [2.24, 2.45) is 11.3 Å². The molecule has 1 aromatic heterocycles. The number of carbonyl (C=O) groups is 1. The maximum Gasteiger partial charge on any atom is 0.312 e. The van der Waals surface area contributed by atoms with E-state index in [9.17, 15) is 14.7 Å². The number of hydrogen-bond acceptors (Lipinski definition) is 6. The number of hydrogen-bond donors (Lipinski definition) is 2. The first kappa shape index (κ1) is 18.5. The molecule has 148 valence electrons. The molecule has 3 fully saturated rings. The second-order valence-electron chi connectivity index (χ2n) is 7.99. The molecule has 0 unspecified atom stereocenters. The Bertz CT molecular complexity index is 760. The molecule has 8 heteroatoms. The van der Waals surface area contributed by atoms with Crippen LogP contribution in [-0.2, 0) is 16.1 Å². The Morgan fingerprint density at radius 3 is 2.78 bits per heavy atom. The number of likely N-dealkylation sites (tertiary alicyclic amines) is 2. The average molecular weight is 377 g/mol. The minimum Gasteiger partial charge on any atom is -0.491 e. The Hall–Kier alpha value is -1.90. The van der Waals surface area contributed by atoms with Crippen LogP contribution >= 0.6 is 0 Å². The highest BCUT2D eigenvalue weighted by Gasteiger charge is 2.58. The molecule has 4 heterocycles. The van der Waals surface area contributed by atoms with Crippen molar-refractivity contribution in [3.05, 3.63) is 28.2 Å². The van der Waals surface area contributed by atoms with Gasteiger partial charge in [0.05, 0.1) is 12.5 Å². The SMILES string of the molecule is COc1c[nH]c(CN2C[C@H]3CN(C4CCOCC4)C[C@@]3(C(=O)O)C2)cc1=O. The number of carboxylic acids is 1. The van der Waals surface area contributed by atoms with E-state index in [1.165, 1.54) is 13.2 Å². The lowest BCUT2D eigenvalue weighted by molar-refractivity contribution is -0.149. The summed E-state index contributed by atoms with van der Waals surface area (Å²) in [5.74, 6) is -0.304. The highest BCUT2D eigenvalue weighted by molar-refractivity contribution is 5.77. The van der Waals surface area contributed by atoms with Crippen LogP contribution in [0, 0.1) is 11.3 Å². The molecule has 3 aliphatic heterocycles. The second kappa shape index (κ2) is 7.26. The van der Waals surface area contributed by atoms with Crippen molar-refractivity contribution in [3.8, 4) is 5.75 Å². The van der Waals surface area contributed by atoms with Crippen molar-refractivity contribution in [3.63, 3.8) is 0 Å². The molecule has 4 rings (SSSR count). The summed E-state index contributed by atoms with van der Waals surface area (Å²) in [7, 11) is 1.46. The Labute approximate surface area is 158 Å². The van der Waals surface area contributed by atoms with Gasteiger partial charge in [0, 0.05) is 75.9 Å². The topological polar surface area (TPSA) is 95.1 Å². The van der Waals surface area contributed by atoms with Crippen molar-refractivity contribution >= 4 is 5.97 Å². The van der Waals surface area contributed by atoms with E-state index in [2.05, 4.69) is 14.8 Å². The van der Waals surface area contributed by atoms with Crippen molar-refractivity contribution < 1.29 is 19.4 Å². The molecule has 0 aliphatic carbocycles. The van der Waals surface area contributed by atoms with Crippen LogP contribution in [0.5, 0.6) is 5.75 Å². The second-order valence-corrected chi connectivity index (χ2v) is 7.99. The van der Waals surface area contributed by atoms with Crippen molar-refractivity contribution in [2.45, 2.75) is 25.4 Å². The summed E-state index contributed by atoms with van der Waals surface area (Å²) in [5, 5.41) is 10.0. The molecule has 3 saturated heterocycles. The van der Waals surface area contributed by atoms with E-state index in [1.54, 1.807) is 6.20 Å². The predicted octanol–water partition coefficient (Wildman–Crippen LogP) is 0.381. The normalized spacial score (nSPS) is 29.7. The number of aromatic nitrogens is 1. The lowest BCUT2D eigenvalue weighted by Gasteiger charge is -2.33. The summed E-state index contributed by atoms with van der Waals surface area (Å²) in [5.41, 5.74) is -0.0997. The van der Waals surface area contributed by atoms with E-state index >= 15 is 0 Å². The fourth-order valence-electron chi connectivity index (χ4n) is 4.95. The van der Waals surface area contributed by atoms with E-state index in [-0.39, 0.29) is 17.1 Å². The van der Waals surface area contributed by atoms with Crippen molar-refractivity contribution in [1.82, 2.24) is 14.8 Å². The molecule has 2 atom stereocenters. The summed E-state index contributed by atoms with van der Waals surface area (Å²) < 4.78 is 10.4. The van der Waals surface area contributed by atoms with Gasteiger partial charge in [-0.15, -0.1) is 0 Å². The van der Waals surface area contributed by atoms with Crippen LogP contribution in [0.25, 0.3) is 0 Å². The van der Waals surface area contributed by atoms with Gasteiger partial charge in [-0.2, -0.15) is 0 Å². The van der Waals surface area contributed by atoms with Gasteiger partial charge in [0.15, 0.2) is 5.75 Å². The number of nitrogens with one attached hydrogen (secondary N) is 1. The third-order valence-corrected chi connectivity index (χ3v) is 6.39. The minimum absolute atomic E-state index is 0.114. The largest absolute Gasteiger partial charge is 0.491 e. The molecular weight excluding hydrogens is 350 g/mol. The molecule has 0 spiro atoms. The van der Waals surface area contributed by atoms with Gasteiger partial charge in [0.25, 0.3) is 0 Å². The monoisotopic (exact) mass is 377 g/mol. The smallest absolute Gasteiger partial charge is 0.312 e. The first-order chi connectivity index (χ1) is 13.0. The summed E-state index contributed by atoms with van der Waals surface area (Å²) >= 11 is 0. The van der Waals surface area contributed by atoms with Gasteiger partial charge in [-0.25, -0.2) is 0 Å². The van der Waals surface area contributed by atoms with Gasteiger partial charge in [0.2, 0.25) is 5.43 Å². The fourth-order valence-corrected chi connectivity index (χ4v) is 4.95. The molecule has 0 saturated carbocycles. The molecule has 0 radical (unpaired) electrons. The first-order valence-corrected chi connectivity index (χ1v) is 9.55. The van der Waals surface area contributed by atoms with E-state index < -0.39 is 11.4 Å². The lowest BCUT2D eigenvalue weighted by atomic mass is 9.81. The zero-order valence-corrected chi connectivity index (χ0v) is 15.6. The zero-order valence-electron chi connectivity index (χ0n) is 15.6. The number of H-pyrrole nitrogens is 1. The van der Waals surface area contributed by atoms with E-state index in [0.717, 1.165) is 44.8 Å². The number of carboxylic acid groups (broad SMARTS) is 1. The van der Waals surface area contributed by atoms with Gasteiger partial charge >= 0.3 is 5.97 Å². The summed E-state index contributed by atoms with van der Waals surface area (Å²) in [6.07, 6.45) is 3.53. The molecule has 0 aromatic carbocycles. The molecule has 2 N–H and O–H groups in total. The standard InChI is InChI=1S/C19H27N3O5/c1-26-17-7-20-14(6-16(17)23)10-21-8-13-9-22(15-2-4-27-5-3-15)12-19(13,11-21)18(24)25/h6-7,13,15H,2-5,8-12H2,1H3,(H,20,23)(H,24,25)/t13-,19-/m0/s1. The van der Waals surface area contributed by atoms with E-state index in [0.29, 0.717) is 25.7 Å². The quantitative estimate of drug-likeness (QED) is 0.766. The molecule has 8 nitrogen and oxygen atoms in total. The van der Waals surface area contributed by atoms with Gasteiger partial charge in [-0.1, -0.05) is 0 Å². The summed E-state index contributed by atoms with van der Waals surface area (Å²) in [4.78, 5) is 31.8. The highest BCUT2D eigenvalue weighted by atomic mass is 16.5. The van der Waals surface area contributed by atoms with Crippen LogP contribution in [0.1, 0.15) is 18.5 Å². The number of fused-ring (bicyclic) bond motifs is 1. The van der Waals surface area contributed by atoms with Crippen LogP contribution in [0.4, 0.5) is 0 Å². The van der Waals surface area contributed by atoms with Crippen molar-refractivity contribution in [1.29, 1.82) is 0 Å². The summed E-state index contributed by atoms with van der Waals surface area (Å²) in [6.45, 7) is 4.76. The number of aliphatic carboxylic acids is 1. The lowest BCUT2D eigenvalue weighted by Crippen LogP contribution is -2.44. The molecular formula is C19H27N3O5. The third kappa shape index (κ3) is 3.37. The van der Waals surface area contributed by atoms with Gasteiger partial charge in [0.1, 0.15) is 0 Å². The van der Waals surface area contributed by atoms with Crippen LogP contribution in [0.15, 0.2) is 17.1 Å². The van der Waals surface area contributed by atoms with Crippen molar-refractivity contribution in [2.75, 3.05) is 46.5 Å². The molecule has 0 bridgehead atoms. The molecule has 0 amide bonds. The number of aromatic amines is 1. The maximum atomic E-state index is 12.2. The Morgan fingerprint density at radius 1 is 1.37 bits per heavy atom. The third-order valence-electron chi connectivity index (χ3n) is 6.39. The number of pyridine rings is 1. The average Bonchev–Trinajstić information content (AvgIpc) is 3.18. The zero-order chi connectivity index (χ0) is 19.0. The number of nitrogens with zero attached hydrogens (tertiary/aromatic N) is 2.